The van der Waals surface area contributed by atoms with Gasteiger partial charge in [-0.1, -0.05) is 13.8 Å². The van der Waals surface area contributed by atoms with Gasteiger partial charge in [-0.3, -0.25) is 4.79 Å². The van der Waals surface area contributed by atoms with E-state index in [0.717, 1.165) is 37.3 Å². The predicted octanol–water partition coefficient (Wildman–Crippen LogP) is 4.14. The zero-order chi connectivity index (χ0) is 23.0. The maximum absolute atomic E-state index is 14.1. The van der Waals surface area contributed by atoms with E-state index in [1.165, 1.54) is 12.1 Å². The van der Waals surface area contributed by atoms with Crippen LogP contribution in [0.4, 0.5) is 10.1 Å². The van der Waals surface area contributed by atoms with Crippen LogP contribution in [-0.2, 0) is 23.4 Å². The quantitative estimate of drug-likeness (QED) is 0.706. The highest BCUT2D eigenvalue weighted by atomic mass is 32.2. The summed E-state index contributed by atoms with van der Waals surface area (Å²) in [4.78, 5) is 13.8. The minimum absolute atomic E-state index is 0.0499. The molecular formula is C23H28FN5O2S. The third-order valence-electron chi connectivity index (χ3n) is 5.77. The summed E-state index contributed by atoms with van der Waals surface area (Å²) in [5, 5.41) is 11.8. The molecule has 1 aliphatic heterocycles. The van der Waals surface area contributed by atoms with E-state index in [0.29, 0.717) is 28.6 Å². The third kappa shape index (κ3) is 4.57. The highest BCUT2D eigenvalue weighted by molar-refractivity contribution is 7.91. The van der Waals surface area contributed by atoms with E-state index in [9.17, 15) is 13.4 Å². The number of fused-ring (bicyclic) bond motifs is 1. The molecule has 1 fully saturated rings. The van der Waals surface area contributed by atoms with Gasteiger partial charge in [0, 0.05) is 30.5 Å². The summed E-state index contributed by atoms with van der Waals surface area (Å²) in [6.45, 7) is 4.27. The maximum Gasteiger partial charge on any atom is 0.272 e. The van der Waals surface area contributed by atoms with E-state index in [1.54, 1.807) is 23.9 Å². The highest BCUT2D eigenvalue weighted by Gasteiger charge is 2.34. The molecule has 2 aromatic rings. The van der Waals surface area contributed by atoms with Crippen molar-refractivity contribution in [2.45, 2.75) is 62.9 Å². The lowest BCUT2D eigenvalue weighted by Gasteiger charge is -2.20. The van der Waals surface area contributed by atoms with Crippen LogP contribution in [-0.4, -0.2) is 26.8 Å². The number of amides is 1. The summed E-state index contributed by atoms with van der Waals surface area (Å²) in [5.41, 5.74) is 1.34. The molecule has 0 saturated heterocycles. The first kappa shape index (κ1) is 22.5. The second-order valence-corrected chi connectivity index (χ2v) is 11.0. The SMILES string of the molecule is CC(C)C[C@H]1CCc2c(cn(C)c2C(=O)Nc2ccc(F)c(C#N)c2)S(=O)(=NC2CC2)N1. The molecule has 32 heavy (non-hydrogen) atoms. The van der Waals surface area contributed by atoms with Gasteiger partial charge in [-0.25, -0.2) is 17.7 Å². The molecule has 1 aromatic carbocycles. The minimum Gasteiger partial charge on any atom is -0.345 e. The zero-order valence-corrected chi connectivity index (χ0v) is 19.3. The average Bonchev–Trinajstić information content (AvgIpc) is 3.47. The van der Waals surface area contributed by atoms with E-state index in [-0.39, 0.29) is 23.6 Å². The van der Waals surface area contributed by atoms with Crippen LogP contribution in [0.5, 0.6) is 0 Å². The Kier molecular flexibility index (Phi) is 6.10. The largest absolute Gasteiger partial charge is 0.345 e. The lowest BCUT2D eigenvalue weighted by Crippen LogP contribution is -2.34. The van der Waals surface area contributed by atoms with Gasteiger partial charge in [0.1, 0.15) is 27.5 Å². The van der Waals surface area contributed by atoms with Crippen LogP contribution in [0, 0.1) is 23.1 Å². The van der Waals surface area contributed by atoms with Gasteiger partial charge in [0.2, 0.25) is 0 Å². The number of nitrogens with zero attached hydrogens (tertiary/aromatic N) is 3. The molecule has 1 aromatic heterocycles. The molecule has 2 heterocycles. The van der Waals surface area contributed by atoms with Gasteiger partial charge in [-0.2, -0.15) is 5.26 Å². The number of aryl methyl sites for hydroxylation is 1. The van der Waals surface area contributed by atoms with E-state index >= 15 is 0 Å². The monoisotopic (exact) mass is 457 g/mol. The number of halogens is 1. The van der Waals surface area contributed by atoms with E-state index in [1.807, 2.05) is 0 Å². The summed E-state index contributed by atoms with van der Waals surface area (Å²) in [6, 6.07) is 5.81. The Morgan fingerprint density at radius 1 is 1.41 bits per heavy atom. The topological polar surface area (TPSA) is 99.3 Å². The standard InChI is InChI=1S/C23H28FN5O2S/c1-14(2)10-18-6-8-19-21(32(31,28-18)27-16-4-5-16)13-29(3)22(19)23(30)26-17-7-9-20(24)15(11-17)12-25/h7,9,11,13-14,16,18H,4-6,8,10H2,1-3H3,(H,26,30)(H,27,28,31)/t18-,32?/m1/s1. The average molecular weight is 458 g/mol. The number of carbonyl (C=O) groups is 1. The van der Waals surface area contributed by atoms with Crippen LogP contribution in [0.1, 0.15) is 61.1 Å². The van der Waals surface area contributed by atoms with Crippen molar-refractivity contribution in [1.29, 1.82) is 5.26 Å². The van der Waals surface area contributed by atoms with E-state index < -0.39 is 15.7 Å². The Balaban J connectivity index is 1.72. The van der Waals surface area contributed by atoms with E-state index in [2.05, 4.69) is 28.2 Å². The fourth-order valence-corrected chi connectivity index (χ4v) is 6.61. The summed E-state index contributed by atoms with van der Waals surface area (Å²) in [6.07, 6.45) is 5.86. The second kappa shape index (κ2) is 8.68. The Morgan fingerprint density at radius 2 is 2.16 bits per heavy atom. The Labute approximate surface area is 188 Å². The summed E-state index contributed by atoms with van der Waals surface area (Å²) < 4.78 is 37.4. The number of anilines is 1. The predicted molar refractivity (Wildman–Crippen MR) is 121 cm³/mol. The molecule has 1 aliphatic carbocycles. The van der Waals surface area contributed by atoms with Crippen LogP contribution in [0.2, 0.25) is 0 Å². The fourth-order valence-electron chi connectivity index (χ4n) is 4.18. The summed E-state index contributed by atoms with van der Waals surface area (Å²) >= 11 is 0. The molecule has 2 aliphatic rings. The first-order valence-corrected chi connectivity index (χ1v) is 12.4. The molecule has 2 atom stereocenters. The molecule has 1 saturated carbocycles. The van der Waals surface area contributed by atoms with Crippen LogP contribution >= 0.6 is 0 Å². The molecule has 2 N–H and O–H groups in total. The van der Waals surface area contributed by atoms with Gasteiger partial charge in [0.05, 0.1) is 16.5 Å². The summed E-state index contributed by atoms with van der Waals surface area (Å²) in [5.74, 6) is -0.585. The highest BCUT2D eigenvalue weighted by Crippen LogP contribution is 2.34. The first-order chi connectivity index (χ1) is 15.2. The Hall–Kier alpha value is -2.70. The van der Waals surface area contributed by atoms with Crippen molar-refractivity contribution in [3.05, 3.63) is 47.0 Å². The van der Waals surface area contributed by atoms with Crippen molar-refractivity contribution in [3.8, 4) is 6.07 Å². The molecule has 0 bridgehead atoms. The molecule has 170 valence electrons. The molecule has 0 radical (unpaired) electrons. The number of benzene rings is 1. The molecule has 7 nitrogen and oxygen atoms in total. The smallest absolute Gasteiger partial charge is 0.272 e. The minimum atomic E-state index is -2.86. The molecule has 0 spiro atoms. The Morgan fingerprint density at radius 3 is 2.81 bits per heavy atom. The molecule has 9 heteroatoms. The van der Waals surface area contributed by atoms with Crippen molar-refractivity contribution >= 4 is 21.5 Å². The Bertz CT molecular complexity index is 1220. The van der Waals surface area contributed by atoms with Gasteiger partial charge >= 0.3 is 0 Å². The number of nitrogens with one attached hydrogen (secondary N) is 2. The van der Waals surface area contributed by atoms with E-state index in [4.69, 9.17) is 5.26 Å². The van der Waals surface area contributed by atoms with Gasteiger partial charge < -0.3 is 9.88 Å². The van der Waals surface area contributed by atoms with Crippen LogP contribution in [0.25, 0.3) is 0 Å². The molecule has 1 amide bonds. The second-order valence-electron chi connectivity index (χ2n) is 9.04. The van der Waals surface area contributed by atoms with Crippen molar-refractivity contribution < 1.29 is 13.4 Å². The third-order valence-corrected chi connectivity index (χ3v) is 7.97. The zero-order valence-electron chi connectivity index (χ0n) is 18.5. The lowest BCUT2D eigenvalue weighted by atomic mass is 9.98. The lowest BCUT2D eigenvalue weighted by molar-refractivity contribution is 0.101. The van der Waals surface area contributed by atoms with Crippen molar-refractivity contribution in [3.63, 3.8) is 0 Å². The molecule has 4 rings (SSSR count). The number of carbonyl (C=O) groups excluding carboxylic acids is 1. The molecule has 1 unspecified atom stereocenters. The van der Waals surface area contributed by atoms with Crippen LogP contribution in [0.3, 0.4) is 0 Å². The van der Waals surface area contributed by atoms with Crippen LogP contribution < -0.4 is 10.0 Å². The van der Waals surface area contributed by atoms with Crippen molar-refractivity contribution in [2.75, 3.05) is 5.32 Å². The maximum atomic E-state index is 14.1. The van der Waals surface area contributed by atoms with Crippen molar-refractivity contribution in [1.82, 2.24) is 9.29 Å². The number of aromatic nitrogens is 1. The first-order valence-electron chi connectivity index (χ1n) is 10.9. The summed E-state index contributed by atoms with van der Waals surface area (Å²) in [7, 11) is -1.11. The van der Waals surface area contributed by atoms with Gasteiger partial charge in [-0.05, 0) is 56.2 Å². The number of hydrogen-bond donors (Lipinski definition) is 2. The number of hydrogen-bond acceptors (Lipinski definition) is 4. The van der Waals surface area contributed by atoms with Gasteiger partial charge in [0.25, 0.3) is 5.91 Å². The van der Waals surface area contributed by atoms with Gasteiger partial charge in [-0.15, -0.1) is 0 Å². The van der Waals surface area contributed by atoms with Crippen molar-refractivity contribution in [2.24, 2.45) is 17.3 Å². The number of rotatable bonds is 5. The van der Waals surface area contributed by atoms with Gasteiger partial charge in [0.15, 0.2) is 0 Å². The number of nitriles is 1. The molecular weight excluding hydrogens is 429 g/mol. The van der Waals surface area contributed by atoms with Crippen LogP contribution in [0.15, 0.2) is 33.7 Å². The normalized spacial score (nSPS) is 22.7. The fraction of sp³-hybridized carbons (Fsp3) is 0.478.